The topological polar surface area (TPSA) is 64.8 Å². The third-order valence-electron chi connectivity index (χ3n) is 4.09. The summed E-state index contributed by atoms with van der Waals surface area (Å²) in [6, 6.07) is 5.51. The van der Waals surface area contributed by atoms with Crippen LogP contribution in [0.25, 0.3) is 11.3 Å². The van der Waals surface area contributed by atoms with Gasteiger partial charge in [-0.05, 0) is 12.1 Å². The molecule has 0 N–H and O–H groups in total. The number of ether oxygens (including phenoxy) is 2. The van der Waals surface area contributed by atoms with E-state index in [9.17, 15) is 4.79 Å². The number of amides is 1. The maximum absolute atomic E-state index is 12.7. The Kier molecular flexibility index (Phi) is 3.65. The fourth-order valence-electron chi connectivity index (χ4n) is 2.83. The van der Waals surface area contributed by atoms with Gasteiger partial charge >= 0.3 is 0 Å². The summed E-state index contributed by atoms with van der Waals surface area (Å²) in [7, 11) is 1.61. The molecule has 23 heavy (non-hydrogen) atoms. The van der Waals surface area contributed by atoms with Crippen LogP contribution >= 0.6 is 11.8 Å². The highest BCUT2D eigenvalue weighted by atomic mass is 32.2. The zero-order valence-electron chi connectivity index (χ0n) is 12.7. The third kappa shape index (κ3) is 2.45. The molecule has 0 atom stereocenters. The first-order chi connectivity index (χ1) is 11.3. The standard InChI is InChI=1S/C16H16N2O4S/c1-20-10-2-3-11-13(8-10)21-9-12-14(17-22-15(11)12)16(19)18-4-6-23-7-5-18/h2-3,8H,4-7,9H2,1H3. The summed E-state index contributed by atoms with van der Waals surface area (Å²) >= 11 is 1.86. The van der Waals surface area contributed by atoms with Crippen molar-refractivity contribution in [2.75, 3.05) is 31.7 Å². The van der Waals surface area contributed by atoms with Gasteiger partial charge in [-0.25, -0.2) is 0 Å². The molecular formula is C16H16N2O4S. The predicted molar refractivity (Wildman–Crippen MR) is 86.1 cm³/mol. The van der Waals surface area contributed by atoms with Crippen LogP contribution in [0.1, 0.15) is 16.1 Å². The van der Waals surface area contributed by atoms with Gasteiger partial charge in [0.2, 0.25) is 0 Å². The highest BCUT2D eigenvalue weighted by molar-refractivity contribution is 7.99. The van der Waals surface area contributed by atoms with Crippen LogP contribution < -0.4 is 9.47 Å². The Labute approximate surface area is 137 Å². The Morgan fingerprint density at radius 2 is 2.17 bits per heavy atom. The lowest BCUT2D eigenvalue weighted by atomic mass is 10.0. The van der Waals surface area contributed by atoms with Crippen LogP contribution in [-0.4, -0.2) is 47.7 Å². The van der Waals surface area contributed by atoms with Gasteiger partial charge in [0.15, 0.2) is 11.5 Å². The second-order valence-corrected chi connectivity index (χ2v) is 6.62. The number of aromatic nitrogens is 1. The molecule has 1 aromatic carbocycles. The van der Waals surface area contributed by atoms with Gasteiger partial charge in [0.1, 0.15) is 18.1 Å². The molecular weight excluding hydrogens is 316 g/mol. The van der Waals surface area contributed by atoms with Crippen molar-refractivity contribution < 1.29 is 18.8 Å². The number of rotatable bonds is 2. The van der Waals surface area contributed by atoms with E-state index in [1.165, 1.54) is 0 Å². The van der Waals surface area contributed by atoms with Crippen LogP contribution in [0.3, 0.4) is 0 Å². The Morgan fingerprint density at radius 3 is 2.96 bits per heavy atom. The molecule has 7 heteroatoms. The van der Waals surface area contributed by atoms with Crippen molar-refractivity contribution in [3.05, 3.63) is 29.5 Å². The summed E-state index contributed by atoms with van der Waals surface area (Å²) in [6.45, 7) is 1.78. The average molecular weight is 332 g/mol. The molecule has 6 nitrogen and oxygen atoms in total. The van der Waals surface area contributed by atoms with Gasteiger partial charge in [-0.1, -0.05) is 5.16 Å². The van der Waals surface area contributed by atoms with Crippen molar-refractivity contribution >= 4 is 17.7 Å². The molecule has 1 aromatic heterocycles. The van der Waals surface area contributed by atoms with Gasteiger partial charge in [-0.3, -0.25) is 4.79 Å². The first-order valence-electron chi connectivity index (χ1n) is 7.44. The lowest BCUT2D eigenvalue weighted by Gasteiger charge is -2.26. The summed E-state index contributed by atoms with van der Waals surface area (Å²) in [6.07, 6.45) is 0. The van der Waals surface area contributed by atoms with Gasteiger partial charge < -0.3 is 18.9 Å². The van der Waals surface area contributed by atoms with Crippen LogP contribution in [0.15, 0.2) is 22.7 Å². The number of benzene rings is 1. The summed E-state index contributed by atoms with van der Waals surface area (Å²) in [5.41, 5.74) is 1.90. The Morgan fingerprint density at radius 1 is 1.35 bits per heavy atom. The average Bonchev–Trinajstić information content (AvgIpc) is 3.05. The maximum Gasteiger partial charge on any atom is 0.276 e. The summed E-state index contributed by atoms with van der Waals surface area (Å²) in [5, 5.41) is 4.03. The van der Waals surface area contributed by atoms with E-state index in [0.29, 0.717) is 23.0 Å². The monoisotopic (exact) mass is 332 g/mol. The SMILES string of the molecule is COc1ccc2c(c1)OCc1c(C(=O)N3CCSCC3)noc1-2. The van der Waals surface area contributed by atoms with Crippen LogP contribution in [-0.2, 0) is 6.61 Å². The van der Waals surface area contributed by atoms with Crippen LogP contribution in [0.2, 0.25) is 0 Å². The smallest absolute Gasteiger partial charge is 0.276 e. The first-order valence-corrected chi connectivity index (χ1v) is 8.60. The summed E-state index contributed by atoms with van der Waals surface area (Å²) in [4.78, 5) is 14.5. The van der Waals surface area contributed by atoms with Crippen LogP contribution in [0, 0.1) is 0 Å². The minimum absolute atomic E-state index is 0.0733. The maximum atomic E-state index is 12.7. The first kappa shape index (κ1) is 14.4. The largest absolute Gasteiger partial charge is 0.497 e. The quantitative estimate of drug-likeness (QED) is 0.841. The predicted octanol–water partition coefficient (Wildman–Crippen LogP) is 2.43. The summed E-state index contributed by atoms with van der Waals surface area (Å²) < 4.78 is 16.5. The molecule has 0 aliphatic carbocycles. The van der Waals surface area contributed by atoms with E-state index in [1.54, 1.807) is 7.11 Å². The molecule has 4 rings (SSSR count). The number of nitrogens with zero attached hydrogens (tertiary/aromatic N) is 2. The number of carbonyl (C=O) groups is 1. The molecule has 120 valence electrons. The van der Waals surface area contributed by atoms with Gasteiger partial charge in [-0.2, -0.15) is 11.8 Å². The lowest BCUT2D eigenvalue weighted by Crippen LogP contribution is -2.38. The molecule has 1 saturated heterocycles. The molecule has 1 amide bonds. The van der Waals surface area contributed by atoms with E-state index >= 15 is 0 Å². The normalized spacial score (nSPS) is 16.3. The summed E-state index contributed by atoms with van der Waals surface area (Å²) in [5.74, 6) is 3.87. The number of methoxy groups -OCH3 is 1. The molecule has 2 aromatic rings. The van der Waals surface area contributed by atoms with E-state index in [-0.39, 0.29) is 12.5 Å². The highest BCUT2D eigenvalue weighted by Gasteiger charge is 2.31. The molecule has 3 heterocycles. The van der Waals surface area contributed by atoms with Crippen LogP contribution in [0.4, 0.5) is 0 Å². The van der Waals surface area contributed by atoms with Crippen LogP contribution in [0.5, 0.6) is 11.5 Å². The van der Waals surface area contributed by atoms with Crippen molar-refractivity contribution in [1.29, 1.82) is 0 Å². The van der Waals surface area contributed by atoms with Crippen molar-refractivity contribution in [2.24, 2.45) is 0 Å². The van der Waals surface area contributed by atoms with Gasteiger partial charge in [0.25, 0.3) is 5.91 Å². The molecule has 0 radical (unpaired) electrons. The number of carbonyl (C=O) groups excluding carboxylic acids is 1. The Bertz CT molecular complexity index is 753. The molecule has 1 fully saturated rings. The fraction of sp³-hybridized carbons (Fsp3) is 0.375. The number of fused-ring (bicyclic) bond motifs is 3. The fourth-order valence-corrected chi connectivity index (χ4v) is 3.73. The Hall–Kier alpha value is -2.15. The third-order valence-corrected chi connectivity index (χ3v) is 5.04. The zero-order valence-corrected chi connectivity index (χ0v) is 13.5. The molecule has 2 aliphatic rings. The number of hydrogen-bond acceptors (Lipinski definition) is 6. The van der Waals surface area contributed by atoms with Gasteiger partial charge in [0, 0.05) is 30.7 Å². The minimum Gasteiger partial charge on any atom is -0.497 e. The second-order valence-electron chi connectivity index (χ2n) is 5.39. The minimum atomic E-state index is -0.0733. The lowest BCUT2D eigenvalue weighted by molar-refractivity contribution is 0.0759. The van der Waals surface area contributed by atoms with Gasteiger partial charge in [0.05, 0.1) is 18.2 Å². The van der Waals surface area contributed by atoms with E-state index in [0.717, 1.165) is 35.7 Å². The van der Waals surface area contributed by atoms with Crippen molar-refractivity contribution in [1.82, 2.24) is 10.1 Å². The molecule has 2 aliphatic heterocycles. The van der Waals surface area contributed by atoms with E-state index in [2.05, 4.69) is 5.16 Å². The van der Waals surface area contributed by atoms with Crippen molar-refractivity contribution in [2.45, 2.75) is 6.61 Å². The number of thioether (sulfide) groups is 1. The highest BCUT2D eigenvalue weighted by Crippen LogP contribution is 2.40. The zero-order chi connectivity index (χ0) is 15.8. The van der Waals surface area contributed by atoms with Crippen molar-refractivity contribution in [3.8, 4) is 22.8 Å². The Balaban J connectivity index is 1.69. The number of hydrogen-bond donors (Lipinski definition) is 0. The second kappa shape index (κ2) is 5.81. The molecule has 0 unspecified atom stereocenters. The molecule has 0 saturated carbocycles. The molecule has 0 spiro atoms. The van der Waals surface area contributed by atoms with Gasteiger partial charge in [-0.15, -0.1) is 0 Å². The van der Waals surface area contributed by atoms with Crippen molar-refractivity contribution in [3.63, 3.8) is 0 Å². The van der Waals surface area contributed by atoms with E-state index < -0.39 is 0 Å². The molecule has 0 bridgehead atoms. The van der Waals surface area contributed by atoms with E-state index in [4.69, 9.17) is 14.0 Å². The van der Waals surface area contributed by atoms with E-state index in [1.807, 2.05) is 34.9 Å².